The second kappa shape index (κ2) is 4.79. The molecule has 16 heavy (non-hydrogen) atoms. The molecule has 1 heterocycles. The molecule has 0 radical (unpaired) electrons. The molecule has 0 aliphatic rings. The Bertz CT molecular complexity index is 452. The average Bonchev–Trinajstić information content (AvgIpc) is 2.80. The van der Waals surface area contributed by atoms with Crippen molar-refractivity contribution in [3.05, 3.63) is 59.5 Å². The summed E-state index contributed by atoms with van der Waals surface area (Å²) in [5.41, 5.74) is 1.94. The molecule has 0 saturated carbocycles. The Labute approximate surface area is 94.9 Å². The molecule has 0 unspecified atom stereocenters. The van der Waals surface area contributed by atoms with Crippen LogP contribution >= 0.6 is 0 Å². The van der Waals surface area contributed by atoms with Gasteiger partial charge in [0.25, 0.3) is 0 Å². The first kappa shape index (κ1) is 10.7. The number of carbonyl (C=O) groups is 1. The van der Waals surface area contributed by atoms with Crippen LogP contribution in [0.3, 0.4) is 0 Å². The predicted octanol–water partition coefficient (Wildman–Crippen LogP) is 3.40. The quantitative estimate of drug-likeness (QED) is 0.730. The van der Waals surface area contributed by atoms with Crippen molar-refractivity contribution in [2.45, 2.75) is 19.8 Å². The molecule has 2 aromatic rings. The minimum atomic E-state index is 0.163. The molecule has 1 aromatic carbocycles. The van der Waals surface area contributed by atoms with Crippen molar-refractivity contribution < 1.29 is 9.21 Å². The van der Waals surface area contributed by atoms with Crippen molar-refractivity contribution in [1.29, 1.82) is 0 Å². The Morgan fingerprint density at radius 2 is 1.94 bits per heavy atom. The summed E-state index contributed by atoms with van der Waals surface area (Å²) >= 11 is 0. The van der Waals surface area contributed by atoms with Crippen LogP contribution in [0.4, 0.5) is 0 Å². The van der Waals surface area contributed by atoms with Crippen molar-refractivity contribution in [1.82, 2.24) is 0 Å². The third kappa shape index (κ3) is 2.60. The van der Waals surface area contributed by atoms with Gasteiger partial charge < -0.3 is 4.42 Å². The third-order valence-corrected chi connectivity index (χ3v) is 2.55. The lowest BCUT2D eigenvalue weighted by Gasteiger charge is -2.00. The molecule has 0 bridgehead atoms. The van der Waals surface area contributed by atoms with Crippen molar-refractivity contribution in [2.75, 3.05) is 0 Å². The highest BCUT2D eigenvalue weighted by Gasteiger charge is 2.06. The Hall–Kier alpha value is -1.83. The van der Waals surface area contributed by atoms with Gasteiger partial charge in [0.05, 0.1) is 6.26 Å². The van der Waals surface area contributed by atoms with Gasteiger partial charge in [-0.1, -0.05) is 29.8 Å². The Morgan fingerprint density at radius 3 is 2.56 bits per heavy atom. The second-order valence-electron chi connectivity index (χ2n) is 3.87. The normalized spacial score (nSPS) is 10.3. The molecule has 82 valence electrons. The lowest BCUT2D eigenvalue weighted by molar-refractivity contribution is 0.0981. The van der Waals surface area contributed by atoms with E-state index in [9.17, 15) is 4.79 Å². The van der Waals surface area contributed by atoms with Gasteiger partial charge in [0, 0.05) is 18.4 Å². The minimum Gasteiger partial charge on any atom is -0.469 e. The number of benzene rings is 1. The highest BCUT2D eigenvalue weighted by Crippen LogP contribution is 2.10. The summed E-state index contributed by atoms with van der Waals surface area (Å²) in [6, 6.07) is 11.4. The monoisotopic (exact) mass is 214 g/mol. The molecule has 0 N–H and O–H groups in total. The fourth-order valence-electron chi connectivity index (χ4n) is 1.58. The molecule has 0 spiro atoms. The van der Waals surface area contributed by atoms with Crippen molar-refractivity contribution in [3.63, 3.8) is 0 Å². The largest absolute Gasteiger partial charge is 0.469 e. The van der Waals surface area contributed by atoms with Crippen LogP contribution in [0, 0.1) is 6.92 Å². The van der Waals surface area contributed by atoms with Gasteiger partial charge in [-0.3, -0.25) is 4.79 Å². The summed E-state index contributed by atoms with van der Waals surface area (Å²) in [6.07, 6.45) is 2.79. The molecule has 0 fully saturated rings. The lowest BCUT2D eigenvalue weighted by atomic mass is 10.0. The molecule has 0 atom stereocenters. The topological polar surface area (TPSA) is 30.2 Å². The first-order chi connectivity index (χ1) is 7.75. The molecule has 2 heteroatoms. The van der Waals surface area contributed by atoms with E-state index >= 15 is 0 Å². The number of furan rings is 1. The van der Waals surface area contributed by atoms with E-state index in [4.69, 9.17) is 4.42 Å². The molecule has 1 aromatic heterocycles. The summed E-state index contributed by atoms with van der Waals surface area (Å²) in [6.45, 7) is 2.01. The first-order valence-electron chi connectivity index (χ1n) is 5.38. The van der Waals surface area contributed by atoms with E-state index in [0.717, 1.165) is 11.3 Å². The van der Waals surface area contributed by atoms with Crippen LogP contribution in [0.2, 0.25) is 0 Å². The van der Waals surface area contributed by atoms with Crippen LogP contribution in [0.15, 0.2) is 47.1 Å². The zero-order valence-electron chi connectivity index (χ0n) is 9.27. The van der Waals surface area contributed by atoms with Gasteiger partial charge >= 0.3 is 0 Å². The number of ketones is 1. The SMILES string of the molecule is Cc1ccc(C(=O)CCc2ccco2)cc1. The van der Waals surface area contributed by atoms with Gasteiger partial charge in [0.1, 0.15) is 5.76 Å². The second-order valence-corrected chi connectivity index (χ2v) is 3.87. The average molecular weight is 214 g/mol. The molecule has 0 saturated heterocycles. The molecular weight excluding hydrogens is 200 g/mol. The molecule has 0 aliphatic carbocycles. The van der Waals surface area contributed by atoms with E-state index in [2.05, 4.69) is 0 Å². The van der Waals surface area contributed by atoms with Crippen LogP contribution < -0.4 is 0 Å². The Balaban J connectivity index is 1.95. The van der Waals surface area contributed by atoms with Crippen molar-refractivity contribution in [3.8, 4) is 0 Å². The lowest BCUT2D eigenvalue weighted by Crippen LogP contribution is -2.00. The fraction of sp³-hybridized carbons (Fsp3) is 0.214. The summed E-state index contributed by atoms with van der Waals surface area (Å²) in [5.74, 6) is 1.02. The van der Waals surface area contributed by atoms with Crippen molar-refractivity contribution in [2.24, 2.45) is 0 Å². The number of hydrogen-bond acceptors (Lipinski definition) is 2. The number of Topliss-reactive ketones (excluding diaryl/α,β-unsaturated/α-hetero) is 1. The summed E-state index contributed by atoms with van der Waals surface area (Å²) in [4.78, 5) is 11.8. The van der Waals surface area contributed by atoms with Gasteiger partial charge in [0.15, 0.2) is 5.78 Å². The van der Waals surface area contributed by atoms with Gasteiger partial charge in [0.2, 0.25) is 0 Å². The van der Waals surface area contributed by atoms with Crippen LogP contribution in [0.1, 0.15) is 28.1 Å². The number of carbonyl (C=O) groups excluding carboxylic acids is 1. The smallest absolute Gasteiger partial charge is 0.163 e. The summed E-state index contributed by atoms with van der Waals surface area (Å²) in [7, 11) is 0. The highest BCUT2D eigenvalue weighted by molar-refractivity contribution is 5.96. The Kier molecular flexibility index (Phi) is 3.20. The molecule has 0 aliphatic heterocycles. The molecular formula is C14H14O2. The maximum atomic E-state index is 11.8. The third-order valence-electron chi connectivity index (χ3n) is 2.55. The van der Waals surface area contributed by atoms with E-state index in [-0.39, 0.29) is 5.78 Å². The van der Waals surface area contributed by atoms with Gasteiger partial charge in [-0.2, -0.15) is 0 Å². The fourth-order valence-corrected chi connectivity index (χ4v) is 1.58. The predicted molar refractivity (Wildman–Crippen MR) is 62.5 cm³/mol. The molecule has 2 rings (SSSR count). The first-order valence-corrected chi connectivity index (χ1v) is 5.38. The van der Waals surface area contributed by atoms with E-state index < -0.39 is 0 Å². The zero-order chi connectivity index (χ0) is 11.4. The maximum absolute atomic E-state index is 11.8. The zero-order valence-corrected chi connectivity index (χ0v) is 9.27. The standard InChI is InChI=1S/C14H14O2/c1-11-4-6-12(7-5-11)14(15)9-8-13-3-2-10-16-13/h2-7,10H,8-9H2,1H3. The number of rotatable bonds is 4. The molecule has 0 amide bonds. The van der Waals surface area contributed by atoms with Crippen LogP contribution in [-0.2, 0) is 6.42 Å². The number of aryl methyl sites for hydroxylation is 2. The number of hydrogen-bond donors (Lipinski definition) is 0. The summed E-state index contributed by atoms with van der Waals surface area (Å²) < 4.78 is 5.19. The van der Waals surface area contributed by atoms with E-state index in [1.54, 1.807) is 6.26 Å². The van der Waals surface area contributed by atoms with E-state index in [1.165, 1.54) is 5.56 Å². The summed E-state index contributed by atoms with van der Waals surface area (Å²) in [5, 5.41) is 0. The van der Waals surface area contributed by atoms with E-state index in [0.29, 0.717) is 12.8 Å². The van der Waals surface area contributed by atoms with Gasteiger partial charge in [-0.05, 0) is 19.1 Å². The van der Waals surface area contributed by atoms with Gasteiger partial charge in [-0.15, -0.1) is 0 Å². The minimum absolute atomic E-state index is 0.163. The van der Waals surface area contributed by atoms with Crippen molar-refractivity contribution >= 4 is 5.78 Å². The van der Waals surface area contributed by atoms with Gasteiger partial charge in [-0.25, -0.2) is 0 Å². The van der Waals surface area contributed by atoms with E-state index in [1.807, 2.05) is 43.3 Å². The molecule has 2 nitrogen and oxygen atoms in total. The van der Waals surface area contributed by atoms with Crippen LogP contribution in [0.5, 0.6) is 0 Å². The van der Waals surface area contributed by atoms with Crippen LogP contribution in [0.25, 0.3) is 0 Å². The van der Waals surface area contributed by atoms with Crippen LogP contribution in [-0.4, -0.2) is 5.78 Å². The Morgan fingerprint density at radius 1 is 1.19 bits per heavy atom. The maximum Gasteiger partial charge on any atom is 0.163 e. The highest BCUT2D eigenvalue weighted by atomic mass is 16.3.